The van der Waals surface area contributed by atoms with E-state index in [0.717, 1.165) is 0 Å². The molecular weight excluding hydrogens is 248 g/mol. The van der Waals surface area contributed by atoms with Crippen molar-refractivity contribution in [3.05, 3.63) is 28.7 Å². The zero-order chi connectivity index (χ0) is 14.2. The van der Waals surface area contributed by atoms with Gasteiger partial charge in [0.15, 0.2) is 5.58 Å². The number of nitrogens with zero attached hydrogens (tertiary/aromatic N) is 1. The quantitative estimate of drug-likeness (QED) is 0.850. The Balaban J connectivity index is 2.37. The predicted octanol–water partition coefficient (Wildman–Crippen LogP) is 1.49. The van der Waals surface area contributed by atoms with Crippen molar-refractivity contribution in [1.29, 1.82) is 0 Å². The van der Waals surface area contributed by atoms with Crippen molar-refractivity contribution in [3.8, 4) is 0 Å². The van der Waals surface area contributed by atoms with Gasteiger partial charge in [0.2, 0.25) is 0 Å². The van der Waals surface area contributed by atoms with Crippen LogP contribution in [0, 0.1) is 0 Å². The molecule has 6 heteroatoms. The lowest BCUT2D eigenvalue weighted by molar-refractivity contribution is -0.144. The van der Waals surface area contributed by atoms with Gasteiger partial charge in [0.25, 0.3) is 0 Å². The summed E-state index contributed by atoms with van der Waals surface area (Å²) >= 11 is 0. The number of methoxy groups -OCH3 is 1. The summed E-state index contributed by atoms with van der Waals surface area (Å²) in [6.45, 7) is 3.42. The number of hydrogen-bond donors (Lipinski definition) is 1. The molecule has 1 aromatic carbocycles. The first-order valence-corrected chi connectivity index (χ1v) is 5.81. The predicted molar refractivity (Wildman–Crippen MR) is 71.2 cm³/mol. The number of fused-ring (bicyclic) bond motifs is 1. The summed E-state index contributed by atoms with van der Waals surface area (Å²) in [5.74, 6) is -0.790. The topological polar surface area (TPSA) is 73.5 Å². The van der Waals surface area contributed by atoms with Crippen molar-refractivity contribution in [2.45, 2.75) is 19.4 Å². The van der Waals surface area contributed by atoms with E-state index in [0.29, 0.717) is 16.8 Å². The molecule has 2 aromatic rings. The summed E-state index contributed by atoms with van der Waals surface area (Å²) in [5.41, 5.74) is 0.985. The third-order valence-electron chi connectivity index (χ3n) is 2.94. The summed E-state index contributed by atoms with van der Waals surface area (Å²) < 4.78 is 11.2. The standard InChI is InChI=1S/C13H16N2O4/c1-13(2,11(16)18-4)14-8-5-6-9-10(7-8)19-12(17)15(9)3/h5-7,14H,1-4H3. The number of carbonyl (C=O) groups excluding carboxylic acids is 1. The van der Waals surface area contributed by atoms with Gasteiger partial charge in [0, 0.05) is 18.8 Å². The van der Waals surface area contributed by atoms with Crippen LogP contribution in [0.5, 0.6) is 0 Å². The molecule has 1 N–H and O–H groups in total. The Hall–Kier alpha value is -2.24. The van der Waals surface area contributed by atoms with Gasteiger partial charge in [-0.05, 0) is 26.0 Å². The monoisotopic (exact) mass is 264 g/mol. The SMILES string of the molecule is COC(=O)C(C)(C)Nc1ccc2c(c1)oc(=O)n2C. The average Bonchev–Trinajstić information content (AvgIpc) is 2.63. The maximum atomic E-state index is 11.6. The number of aromatic nitrogens is 1. The maximum Gasteiger partial charge on any atom is 0.419 e. The molecule has 2 rings (SSSR count). The van der Waals surface area contributed by atoms with Crippen LogP contribution in [-0.2, 0) is 16.6 Å². The highest BCUT2D eigenvalue weighted by molar-refractivity contribution is 5.85. The molecule has 0 amide bonds. The van der Waals surface area contributed by atoms with Crippen LogP contribution in [0.3, 0.4) is 0 Å². The van der Waals surface area contributed by atoms with Crippen LogP contribution in [0.1, 0.15) is 13.8 Å². The number of anilines is 1. The first kappa shape index (κ1) is 13.2. The van der Waals surface area contributed by atoms with Gasteiger partial charge in [0.1, 0.15) is 5.54 Å². The van der Waals surface area contributed by atoms with Gasteiger partial charge in [-0.1, -0.05) is 0 Å². The zero-order valence-electron chi connectivity index (χ0n) is 11.3. The van der Waals surface area contributed by atoms with Crippen molar-refractivity contribution in [1.82, 2.24) is 4.57 Å². The molecule has 0 radical (unpaired) electrons. The van der Waals surface area contributed by atoms with E-state index in [4.69, 9.17) is 9.15 Å². The van der Waals surface area contributed by atoms with Crippen LogP contribution in [0.2, 0.25) is 0 Å². The van der Waals surface area contributed by atoms with E-state index in [1.54, 1.807) is 39.1 Å². The summed E-state index contributed by atoms with van der Waals surface area (Å²) in [7, 11) is 2.98. The fraction of sp³-hybridized carbons (Fsp3) is 0.385. The molecule has 0 atom stereocenters. The van der Waals surface area contributed by atoms with E-state index in [-0.39, 0.29) is 5.97 Å². The molecule has 0 aliphatic heterocycles. The Bertz CT molecular complexity index is 681. The lowest BCUT2D eigenvalue weighted by Gasteiger charge is -2.24. The average molecular weight is 264 g/mol. The molecule has 6 nitrogen and oxygen atoms in total. The minimum atomic E-state index is -0.864. The van der Waals surface area contributed by atoms with Crippen LogP contribution < -0.4 is 11.1 Å². The van der Waals surface area contributed by atoms with E-state index in [1.165, 1.54) is 11.7 Å². The lowest BCUT2D eigenvalue weighted by Crippen LogP contribution is -2.41. The van der Waals surface area contributed by atoms with E-state index >= 15 is 0 Å². The Labute approximate surface area is 110 Å². The Kier molecular flexibility index (Phi) is 3.09. The van der Waals surface area contributed by atoms with Gasteiger partial charge < -0.3 is 14.5 Å². The van der Waals surface area contributed by atoms with E-state index < -0.39 is 11.3 Å². The van der Waals surface area contributed by atoms with Gasteiger partial charge in [-0.3, -0.25) is 4.57 Å². The Morgan fingerprint density at radius 2 is 2.11 bits per heavy atom. The number of benzene rings is 1. The second-order valence-electron chi connectivity index (χ2n) is 4.85. The van der Waals surface area contributed by atoms with Crippen molar-refractivity contribution in [2.75, 3.05) is 12.4 Å². The van der Waals surface area contributed by atoms with Crippen LogP contribution >= 0.6 is 0 Å². The molecule has 0 saturated heterocycles. The minimum absolute atomic E-state index is 0.373. The highest BCUT2D eigenvalue weighted by Crippen LogP contribution is 2.21. The van der Waals surface area contributed by atoms with Crippen molar-refractivity contribution in [2.24, 2.45) is 7.05 Å². The molecule has 0 aliphatic carbocycles. The van der Waals surface area contributed by atoms with Gasteiger partial charge in [-0.15, -0.1) is 0 Å². The number of hydrogen-bond acceptors (Lipinski definition) is 5. The summed E-state index contributed by atoms with van der Waals surface area (Å²) in [4.78, 5) is 23.0. The Morgan fingerprint density at radius 1 is 1.42 bits per heavy atom. The lowest BCUT2D eigenvalue weighted by atomic mass is 10.1. The van der Waals surface area contributed by atoms with Crippen molar-refractivity contribution < 1.29 is 13.9 Å². The molecule has 0 aliphatic rings. The molecule has 0 spiro atoms. The van der Waals surface area contributed by atoms with Crippen LogP contribution in [0.25, 0.3) is 11.1 Å². The van der Waals surface area contributed by atoms with E-state index in [1.807, 2.05) is 0 Å². The highest BCUT2D eigenvalue weighted by Gasteiger charge is 2.28. The molecule has 0 unspecified atom stereocenters. The maximum absolute atomic E-state index is 11.6. The van der Waals surface area contributed by atoms with Gasteiger partial charge in [-0.25, -0.2) is 9.59 Å². The first-order valence-electron chi connectivity index (χ1n) is 5.81. The number of ether oxygens (including phenoxy) is 1. The summed E-state index contributed by atoms with van der Waals surface area (Å²) in [5, 5.41) is 3.04. The van der Waals surface area contributed by atoms with Crippen molar-refractivity contribution >= 4 is 22.8 Å². The molecule has 1 aromatic heterocycles. The van der Waals surface area contributed by atoms with Crippen LogP contribution in [0.4, 0.5) is 5.69 Å². The second kappa shape index (κ2) is 4.46. The third kappa shape index (κ3) is 2.33. The smallest absolute Gasteiger partial charge is 0.419 e. The molecule has 1 heterocycles. The van der Waals surface area contributed by atoms with Gasteiger partial charge >= 0.3 is 11.7 Å². The third-order valence-corrected chi connectivity index (χ3v) is 2.94. The first-order chi connectivity index (χ1) is 8.85. The normalized spacial score (nSPS) is 11.6. The van der Waals surface area contributed by atoms with Crippen LogP contribution in [-0.4, -0.2) is 23.2 Å². The number of rotatable bonds is 3. The number of aryl methyl sites for hydroxylation is 1. The molecule has 0 saturated carbocycles. The number of nitrogens with one attached hydrogen (secondary N) is 1. The molecule has 102 valence electrons. The van der Waals surface area contributed by atoms with Crippen molar-refractivity contribution in [3.63, 3.8) is 0 Å². The molecule has 19 heavy (non-hydrogen) atoms. The fourth-order valence-corrected chi connectivity index (χ4v) is 1.88. The largest absolute Gasteiger partial charge is 0.467 e. The number of esters is 1. The fourth-order valence-electron chi connectivity index (χ4n) is 1.88. The second-order valence-corrected chi connectivity index (χ2v) is 4.85. The van der Waals surface area contributed by atoms with Crippen LogP contribution in [0.15, 0.2) is 27.4 Å². The molecular formula is C13H16N2O4. The van der Waals surface area contributed by atoms with E-state index in [9.17, 15) is 9.59 Å². The Morgan fingerprint density at radius 3 is 2.74 bits per heavy atom. The highest BCUT2D eigenvalue weighted by atomic mass is 16.5. The zero-order valence-corrected chi connectivity index (χ0v) is 11.3. The number of oxazole rings is 1. The molecule has 0 fully saturated rings. The minimum Gasteiger partial charge on any atom is -0.467 e. The molecule has 0 bridgehead atoms. The van der Waals surface area contributed by atoms with Gasteiger partial charge in [-0.2, -0.15) is 0 Å². The number of carbonyl (C=O) groups is 1. The summed E-state index contributed by atoms with van der Waals surface area (Å²) in [6, 6.07) is 5.22. The van der Waals surface area contributed by atoms with Gasteiger partial charge in [0.05, 0.1) is 12.6 Å². The summed E-state index contributed by atoms with van der Waals surface area (Å²) in [6.07, 6.45) is 0. The van der Waals surface area contributed by atoms with E-state index in [2.05, 4.69) is 5.32 Å².